The number of ether oxygens (including phenoxy) is 2. The summed E-state index contributed by atoms with van der Waals surface area (Å²) in [5.74, 6) is -2.91. The number of carbonyl (C=O) groups excluding carboxylic acids is 3. The number of furan rings is 1. The van der Waals surface area contributed by atoms with Gasteiger partial charge in [-0.3, -0.25) is 5.32 Å². The molecule has 0 saturated carbocycles. The molecule has 3 rings (SSSR count). The van der Waals surface area contributed by atoms with Gasteiger partial charge in [0.1, 0.15) is 12.0 Å². The number of esters is 2. The summed E-state index contributed by atoms with van der Waals surface area (Å²) >= 11 is 0. The number of aldehydes is 1. The first kappa shape index (κ1) is 19.8. The van der Waals surface area contributed by atoms with Crippen molar-refractivity contribution in [3.05, 3.63) is 60.1 Å². The molecule has 148 valence electrons. The van der Waals surface area contributed by atoms with Crippen molar-refractivity contribution in [2.75, 3.05) is 13.2 Å². The van der Waals surface area contributed by atoms with E-state index in [4.69, 9.17) is 13.9 Å². The molecule has 0 unspecified atom stereocenters. The first-order valence-electron chi connectivity index (χ1n) is 9.25. The van der Waals surface area contributed by atoms with Crippen LogP contribution in [0.4, 0.5) is 0 Å². The molecular weight excluding hydrogens is 362 g/mol. The number of nitrogens with one attached hydrogen (secondary N) is 1. The van der Waals surface area contributed by atoms with Gasteiger partial charge in [0.05, 0.1) is 25.4 Å². The van der Waals surface area contributed by atoms with E-state index in [0.717, 1.165) is 11.8 Å². The van der Waals surface area contributed by atoms with Crippen molar-refractivity contribution in [1.82, 2.24) is 5.32 Å². The number of benzene rings is 1. The van der Waals surface area contributed by atoms with Crippen LogP contribution in [0.25, 0.3) is 0 Å². The van der Waals surface area contributed by atoms with Crippen molar-refractivity contribution in [2.24, 2.45) is 5.92 Å². The standard InChI is InChI=1S/C21H23NO6/c1-3-26-19(24)21(20(25)27-4-2)17(16-11-8-12-28-16)15(13-23)18(22-21)14-9-6-5-7-10-14/h5-13,15,17-18,22H,3-4H2,1-2H3/t15-,17+,18-/m1/s1. The van der Waals surface area contributed by atoms with Crippen LogP contribution in [0, 0.1) is 5.92 Å². The Bertz CT molecular complexity index is 799. The van der Waals surface area contributed by atoms with E-state index in [9.17, 15) is 14.4 Å². The molecule has 2 aromatic rings. The van der Waals surface area contributed by atoms with Gasteiger partial charge in [-0.05, 0) is 31.5 Å². The third-order valence-electron chi connectivity index (χ3n) is 4.98. The molecule has 0 radical (unpaired) electrons. The highest BCUT2D eigenvalue weighted by Gasteiger charge is 2.66. The average Bonchev–Trinajstić information content (AvgIpc) is 3.35. The van der Waals surface area contributed by atoms with Crippen LogP contribution < -0.4 is 5.32 Å². The van der Waals surface area contributed by atoms with E-state index in [1.54, 1.807) is 26.0 Å². The van der Waals surface area contributed by atoms with E-state index < -0.39 is 35.4 Å². The summed E-state index contributed by atoms with van der Waals surface area (Å²) in [7, 11) is 0. The average molecular weight is 385 g/mol. The molecule has 28 heavy (non-hydrogen) atoms. The predicted octanol–water partition coefficient (Wildman–Crippen LogP) is 2.39. The summed E-state index contributed by atoms with van der Waals surface area (Å²) in [5.41, 5.74) is -1.12. The zero-order chi connectivity index (χ0) is 20.1. The molecule has 0 spiro atoms. The predicted molar refractivity (Wildman–Crippen MR) is 99.3 cm³/mol. The van der Waals surface area contributed by atoms with Crippen molar-refractivity contribution < 1.29 is 28.3 Å². The van der Waals surface area contributed by atoms with Crippen LogP contribution in [0.5, 0.6) is 0 Å². The molecule has 7 heteroatoms. The Hall–Kier alpha value is -2.93. The summed E-state index contributed by atoms with van der Waals surface area (Å²) in [6, 6.07) is 11.9. The van der Waals surface area contributed by atoms with Gasteiger partial charge >= 0.3 is 11.9 Å². The molecule has 1 aromatic carbocycles. The number of hydrogen-bond donors (Lipinski definition) is 1. The fourth-order valence-electron chi connectivity index (χ4n) is 3.85. The lowest BCUT2D eigenvalue weighted by Crippen LogP contribution is -2.59. The van der Waals surface area contributed by atoms with Gasteiger partial charge in [-0.2, -0.15) is 0 Å². The topological polar surface area (TPSA) is 94.8 Å². The maximum Gasteiger partial charge on any atom is 0.338 e. The lowest BCUT2D eigenvalue weighted by molar-refractivity contribution is -0.166. The zero-order valence-corrected chi connectivity index (χ0v) is 15.8. The minimum Gasteiger partial charge on any atom is -0.469 e. The second-order valence-corrected chi connectivity index (χ2v) is 6.49. The Balaban J connectivity index is 2.19. The van der Waals surface area contributed by atoms with E-state index in [1.165, 1.54) is 6.26 Å². The van der Waals surface area contributed by atoms with Crippen molar-refractivity contribution in [3.8, 4) is 0 Å². The molecule has 1 saturated heterocycles. The second kappa shape index (κ2) is 8.39. The van der Waals surface area contributed by atoms with E-state index in [2.05, 4.69) is 5.32 Å². The first-order chi connectivity index (χ1) is 13.6. The van der Waals surface area contributed by atoms with Gasteiger partial charge in [0.15, 0.2) is 0 Å². The summed E-state index contributed by atoms with van der Waals surface area (Å²) in [6.45, 7) is 3.46. The zero-order valence-electron chi connectivity index (χ0n) is 15.8. The molecule has 0 amide bonds. The maximum atomic E-state index is 13.1. The Morgan fingerprint density at radius 2 is 1.71 bits per heavy atom. The van der Waals surface area contributed by atoms with Crippen LogP contribution in [0.1, 0.15) is 37.1 Å². The number of hydrogen-bond acceptors (Lipinski definition) is 7. The van der Waals surface area contributed by atoms with Crippen LogP contribution in [0.15, 0.2) is 53.1 Å². The Morgan fingerprint density at radius 3 is 2.21 bits per heavy atom. The first-order valence-corrected chi connectivity index (χ1v) is 9.25. The molecule has 7 nitrogen and oxygen atoms in total. The van der Waals surface area contributed by atoms with E-state index in [-0.39, 0.29) is 13.2 Å². The van der Waals surface area contributed by atoms with Crippen LogP contribution in [0.3, 0.4) is 0 Å². The molecule has 0 aliphatic carbocycles. The summed E-state index contributed by atoms with van der Waals surface area (Å²) in [6.07, 6.45) is 2.19. The highest BCUT2D eigenvalue weighted by atomic mass is 16.6. The highest BCUT2D eigenvalue weighted by molar-refractivity contribution is 6.07. The highest BCUT2D eigenvalue weighted by Crippen LogP contribution is 2.49. The normalized spacial score (nSPS) is 23.1. The van der Waals surface area contributed by atoms with Gasteiger partial charge in [-0.25, -0.2) is 9.59 Å². The van der Waals surface area contributed by atoms with Crippen LogP contribution in [0.2, 0.25) is 0 Å². The summed E-state index contributed by atoms with van der Waals surface area (Å²) < 4.78 is 16.0. The van der Waals surface area contributed by atoms with Gasteiger partial charge in [0.2, 0.25) is 5.54 Å². The SMILES string of the molecule is CCOC(=O)C1(C(=O)OCC)N[C@H](c2ccccc2)[C@H](C=O)[C@H]1c1ccco1. The number of carbonyl (C=O) groups is 3. The maximum absolute atomic E-state index is 13.1. The molecule has 3 atom stereocenters. The Morgan fingerprint density at radius 1 is 1.07 bits per heavy atom. The minimum atomic E-state index is -1.89. The van der Waals surface area contributed by atoms with Crippen molar-refractivity contribution >= 4 is 18.2 Å². The molecule has 0 bridgehead atoms. The van der Waals surface area contributed by atoms with E-state index in [1.807, 2.05) is 30.3 Å². The largest absolute Gasteiger partial charge is 0.469 e. The van der Waals surface area contributed by atoms with Crippen LogP contribution >= 0.6 is 0 Å². The summed E-state index contributed by atoms with van der Waals surface area (Å²) in [5, 5.41) is 3.09. The smallest absolute Gasteiger partial charge is 0.338 e. The van der Waals surface area contributed by atoms with Crippen molar-refractivity contribution in [2.45, 2.75) is 31.3 Å². The monoisotopic (exact) mass is 385 g/mol. The third-order valence-corrected chi connectivity index (χ3v) is 4.98. The van der Waals surface area contributed by atoms with Crippen LogP contribution in [-0.2, 0) is 23.9 Å². The molecule has 1 aliphatic rings. The third kappa shape index (κ3) is 3.22. The van der Waals surface area contributed by atoms with Gasteiger partial charge in [-0.15, -0.1) is 0 Å². The fraction of sp³-hybridized carbons (Fsp3) is 0.381. The molecule has 1 N–H and O–H groups in total. The summed E-state index contributed by atoms with van der Waals surface area (Å²) in [4.78, 5) is 38.3. The van der Waals surface area contributed by atoms with Gasteiger partial charge in [-0.1, -0.05) is 30.3 Å². The molecule has 1 fully saturated rings. The molecule has 1 aromatic heterocycles. The van der Waals surface area contributed by atoms with E-state index in [0.29, 0.717) is 5.76 Å². The Labute approximate surface area is 163 Å². The minimum absolute atomic E-state index is 0.0777. The molecular formula is C21H23NO6. The second-order valence-electron chi connectivity index (χ2n) is 6.49. The van der Waals surface area contributed by atoms with Crippen molar-refractivity contribution in [3.63, 3.8) is 0 Å². The molecule has 2 heterocycles. The quantitative estimate of drug-likeness (QED) is 0.444. The van der Waals surface area contributed by atoms with Crippen LogP contribution in [-0.4, -0.2) is 37.0 Å². The number of rotatable bonds is 7. The van der Waals surface area contributed by atoms with E-state index >= 15 is 0 Å². The lowest BCUT2D eigenvalue weighted by Gasteiger charge is -2.30. The van der Waals surface area contributed by atoms with Gasteiger partial charge < -0.3 is 18.7 Å². The molecule has 1 aliphatic heterocycles. The van der Waals surface area contributed by atoms with Crippen molar-refractivity contribution in [1.29, 1.82) is 0 Å². The Kier molecular flexibility index (Phi) is 5.94. The lowest BCUT2D eigenvalue weighted by atomic mass is 9.76. The fourth-order valence-corrected chi connectivity index (χ4v) is 3.85. The van der Waals surface area contributed by atoms with Gasteiger partial charge in [0, 0.05) is 12.0 Å². The van der Waals surface area contributed by atoms with Gasteiger partial charge in [0.25, 0.3) is 0 Å².